The van der Waals surface area contributed by atoms with E-state index in [0.29, 0.717) is 6.42 Å². The molecule has 4 heteroatoms. The molecule has 0 unspecified atom stereocenters. The van der Waals surface area contributed by atoms with Crippen LogP contribution >= 0.6 is 0 Å². The SMILES string of the molecule is CC.O=C(CC[C@@H](Cc1ccc(-c2ccccc2)cc1)N(Cc1ccccc1)Cc1ccccc1)N1CCC[C@@H]1CO. The molecule has 4 aromatic rings. The molecule has 2 atom stereocenters. The second-order valence-electron chi connectivity index (χ2n) is 10.9. The number of aliphatic hydroxyl groups is 1. The fourth-order valence-electron chi connectivity index (χ4n) is 5.89. The molecule has 1 aliphatic heterocycles. The molecule has 0 aliphatic carbocycles. The van der Waals surface area contributed by atoms with Gasteiger partial charge in [-0.3, -0.25) is 9.69 Å². The number of benzene rings is 4. The van der Waals surface area contributed by atoms with Crippen molar-refractivity contribution < 1.29 is 9.90 Å². The molecular weight excluding hydrogens is 516 g/mol. The molecule has 0 bridgehead atoms. The van der Waals surface area contributed by atoms with Crippen molar-refractivity contribution in [1.29, 1.82) is 0 Å². The quantitative estimate of drug-likeness (QED) is 0.192. The van der Waals surface area contributed by atoms with Gasteiger partial charge in [-0.15, -0.1) is 0 Å². The minimum atomic E-state index is -0.0266. The van der Waals surface area contributed by atoms with Crippen LogP contribution in [0.25, 0.3) is 11.1 Å². The van der Waals surface area contributed by atoms with Crippen LogP contribution in [0.3, 0.4) is 0 Å². The van der Waals surface area contributed by atoms with Crippen molar-refractivity contribution in [3.63, 3.8) is 0 Å². The predicted octanol–water partition coefficient (Wildman–Crippen LogP) is 7.76. The molecule has 5 rings (SSSR count). The maximum Gasteiger partial charge on any atom is 0.222 e. The summed E-state index contributed by atoms with van der Waals surface area (Å²) in [7, 11) is 0. The standard InChI is InChI=1S/C36H40N2O2.C2H6/c39-28-35-17-10-24-38(35)36(40)23-22-34(25-29-18-20-33(21-19-29)32-15-8-3-9-16-32)37(26-30-11-4-1-5-12-30)27-31-13-6-2-7-14-31;1-2/h1-9,11-16,18-21,34-35,39H,10,17,22-28H2;1-2H3/t34-,35+;/m0./s1. The topological polar surface area (TPSA) is 43.8 Å². The summed E-state index contributed by atoms with van der Waals surface area (Å²) in [6.07, 6.45) is 4.00. The zero-order valence-corrected chi connectivity index (χ0v) is 25.2. The Kier molecular flexibility index (Phi) is 12.4. The van der Waals surface area contributed by atoms with E-state index in [0.717, 1.165) is 45.3 Å². The third-order valence-corrected chi connectivity index (χ3v) is 8.11. The molecule has 1 amide bonds. The summed E-state index contributed by atoms with van der Waals surface area (Å²) in [6, 6.07) is 40.8. The maximum absolute atomic E-state index is 13.3. The van der Waals surface area contributed by atoms with Crippen molar-refractivity contribution in [2.45, 2.75) is 71.1 Å². The number of nitrogens with zero attached hydrogens (tertiary/aromatic N) is 2. The minimum absolute atomic E-state index is 0.0266. The van der Waals surface area contributed by atoms with Crippen molar-refractivity contribution in [2.75, 3.05) is 13.2 Å². The van der Waals surface area contributed by atoms with Gasteiger partial charge < -0.3 is 10.0 Å². The molecule has 0 aromatic heterocycles. The van der Waals surface area contributed by atoms with Gasteiger partial charge in [-0.25, -0.2) is 0 Å². The Morgan fingerprint density at radius 3 is 1.83 bits per heavy atom. The predicted molar refractivity (Wildman–Crippen MR) is 174 cm³/mol. The van der Waals surface area contributed by atoms with Crippen LogP contribution in [0.1, 0.15) is 56.2 Å². The lowest BCUT2D eigenvalue weighted by Crippen LogP contribution is -2.40. The first kappa shape index (κ1) is 31.2. The number of carbonyl (C=O) groups excluding carboxylic acids is 1. The molecule has 0 spiro atoms. The molecule has 220 valence electrons. The fourth-order valence-corrected chi connectivity index (χ4v) is 5.89. The van der Waals surface area contributed by atoms with Gasteiger partial charge in [-0.1, -0.05) is 129 Å². The maximum atomic E-state index is 13.3. The second-order valence-corrected chi connectivity index (χ2v) is 10.9. The van der Waals surface area contributed by atoms with Crippen molar-refractivity contribution in [3.8, 4) is 11.1 Å². The highest BCUT2D eigenvalue weighted by Crippen LogP contribution is 2.25. The Balaban J connectivity index is 0.00000198. The lowest BCUT2D eigenvalue weighted by Gasteiger charge is -2.33. The van der Waals surface area contributed by atoms with E-state index in [2.05, 4.69) is 114 Å². The van der Waals surface area contributed by atoms with Crippen LogP contribution in [-0.2, 0) is 24.3 Å². The molecule has 4 nitrogen and oxygen atoms in total. The number of hydrogen-bond donors (Lipinski definition) is 1. The van der Waals surface area contributed by atoms with Gasteiger partial charge in [0, 0.05) is 32.1 Å². The summed E-state index contributed by atoms with van der Waals surface area (Å²) in [5.41, 5.74) is 6.25. The molecule has 1 aliphatic rings. The number of hydrogen-bond acceptors (Lipinski definition) is 3. The zero-order valence-electron chi connectivity index (χ0n) is 25.2. The van der Waals surface area contributed by atoms with E-state index in [9.17, 15) is 9.90 Å². The van der Waals surface area contributed by atoms with Gasteiger partial charge >= 0.3 is 0 Å². The molecule has 1 N–H and O–H groups in total. The Labute approximate surface area is 252 Å². The Hall–Kier alpha value is -3.73. The van der Waals surface area contributed by atoms with E-state index in [-0.39, 0.29) is 24.6 Å². The Morgan fingerprint density at radius 1 is 0.762 bits per heavy atom. The van der Waals surface area contributed by atoms with Gasteiger partial charge in [0.2, 0.25) is 5.91 Å². The Bertz CT molecular complexity index is 1270. The van der Waals surface area contributed by atoms with Crippen LogP contribution in [-0.4, -0.2) is 46.0 Å². The molecular formula is C38H46N2O2. The van der Waals surface area contributed by atoms with Gasteiger partial charge in [-0.2, -0.15) is 0 Å². The number of aliphatic hydroxyl groups excluding tert-OH is 1. The Morgan fingerprint density at radius 2 is 1.29 bits per heavy atom. The fraction of sp³-hybridized carbons (Fsp3) is 0.342. The number of rotatable bonds is 12. The third kappa shape index (κ3) is 8.88. The normalized spacial score (nSPS) is 15.2. The summed E-state index contributed by atoms with van der Waals surface area (Å²) in [5, 5.41) is 9.78. The van der Waals surface area contributed by atoms with Crippen molar-refractivity contribution in [3.05, 3.63) is 132 Å². The molecule has 1 fully saturated rings. The average molecular weight is 563 g/mol. The van der Waals surface area contributed by atoms with E-state index in [1.165, 1.54) is 27.8 Å². The lowest BCUT2D eigenvalue weighted by molar-refractivity contribution is -0.133. The first-order valence-electron chi connectivity index (χ1n) is 15.6. The van der Waals surface area contributed by atoms with Crippen LogP contribution in [0.5, 0.6) is 0 Å². The van der Waals surface area contributed by atoms with Gasteiger partial charge in [-0.05, 0) is 53.5 Å². The highest BCUT2D eigenvalue weighted by atomic mass is 16.3. The summed E-state index contributed by atoms with van der Waals surface area (Å²) in [5.74, 6) is 0.167. The van der Waals surface area contributed by atoms with Crippen LogP contribution < -0.4 is 0 Å². The number of carbonyl (C=O) groups is 1. The first-order chi connectivity index (χ1) is 20.7. The molecule has 1 heterocycles. The molecule has 42 heavy (non-hydrogen) atoms. The van der Waals surface area contributed by atoms with Gasteiger partial charge in [0.1, 0.15) is 0 Å². The summed E-state index contributed by atoms with van der Waals surface area (Å²) >= 11 is 0. The largest absolute Gasteiger partial charge is 0.394 e. The minimum Gasteiger partial charge on any atom is -0.394 e. The van der Waals surface area contributed by atoms with E-state index in [1.54, 1.807) is 0 Å². The monoisotopic (exact) mass is 562 g/mol. The van der Waals surface area contributed by atoms with Crippen molar-refractivity contribution in [1.82, 2.24) is 9.80 Å². The molecule has 0 radical (unpaired) electrons. The van der Waals surface area contributed by atoms with Crippen LogP contribution in [0.4, 0.5) is 0 Å². The van der Waals surface area contributed by atoms with Crippen LogP contribution in [0.2, 0.25) is 0 Å². The summed E-state index contributed by atoms with van der Waals surface area (Å²) in [6.45, 7) is 6.45. The first-order valence-corrected chi connectivity index (χ1v) is 15.6. The number of amides is 1. The molecule has 1 saturated heterocycles. The lowest BCUT2D eigenvalue weighted by atomic mass is 9.96. The van der Waals surface area contributed by atoms with Gasteiger partial charge in [0.05, 0.1) is 12.6 Å². The van der Waals surface area contributed by atoms with Crippen molar-refractivity contribution in [2.24, 2.45) is 0 Å². The van der Waals surface area contributed by atoms with Gasteiger partial charge in [0.15, 0.2) is 0 Å². The van der Waals surface area contributed by atoms with E-state index in [1.807, 2.05) is 24.8 Å². The molecule has 0 saturated carbocycles. The highest BCUT2D eigenvalue weighted by molar-refractivity contribution is 5.76. The summed E-state index contributed by atoms with van der Waals surface area (Å²) < 4.78 is 0. The number of likely N-dealkylation sites (tertiary alicyclic amines) is 1. The highest BCUT2D eigenvalue weighted by Gasteiger charge is 2.29. The van der Waals surface area contributed by atoms with Crippen LogP contribution in [0.15, 0.2) is 115 Å². The van der Waals surface area contributed by atoms with Gasteiger partial charge in [0.25, 0.3) is 0 Å². The molecule has 4 aromatic carbocycles. The van der Waals surface area contributed by atoms with E-state index in [4.69, 9.17) is 0 Å². The second kappa shape index (κ2) is 16.6. The van der Waals surface area contributed by atoms with E-state index < -0.39 is 0 Å². The van der Waals surface area contributed by atoms with Crippen molar-refractivity contribution >= 4 is 5.91 Å². The zero-order chi connectivity index (χ0) is 29.6. The smallest absolute Gasteiger partial charge is 0.222 e. The summed E-state index contributed by atoms with van der Waals surface area (Å²) in [4.78, 5) is 17.8. The third-order valence-electron chi connectivity index (χ3n) is 8.11. The van der Waals surface area contributed by atoms with E-state index >= 15 is 0 Å². The average Bonchev–Trinajstić information content (AvgIpc) is 3.55. The van der Waals surface area contributed by atoms with Crippen LogP contribution in [0, 0.1) is 0 Å².